The molecule has 5 rings (SSSR count). The molecule has 1 fully saturated rings. The van der Waals surface area contributed by atoms with Gasteiger partial charge in [0, 0.05) is 76.8 Å². The number of Topliss-reactive ketones (excluding diaryl/α,β-unsaturated/α-hetero) is 2. The third-order valence-electron chi connectivity index (χ3n) is 13.2. The van der Waals surface area contributed by atoms with Crippen LogP contribution in [0.15, 0.2) is 115 Å². The molecule has 0 aliphatic carbocycles. The Kier molecular flexibility index (Phi) is 81.2. The van der Waals surface area contributed by atoms with Crippen molar-refractivity contribution in [2.45, 2.75) is 218 Å². The molecule has 4 aromatic rings. The van der Waals surface area contributed by atoms with E-state index in [-0.39, 0.29) is 146 Å². The van der Waals surface area contributed by atoms with Crippen LogP contribution in [-0.4, -0.2) is 125 Å². The van der Waals surface area contributed by atoms with Crippen LogP contribution >= 0.6 is 113 Å². The van der Waals surface area contributed by atoms with Gasteiger partial charge in [0.1, 0.15) is 0 Å². The molecule has 560 valence electrons. The molecule has 1 saturated heterocycles. The number of rotatable bonds is 19. The molecule has 0 aromatic heterocycles. The fraction of sp³-hybridized carbons (Fsp3) is 0.611. The fourth-order valence-electron chi connectivity index (χ4n) is 5.97. The van der Waals surface area contributed by atoms with Gasteiger partial charge in [-0.05, 0) is 157 Å². The van der Waals surface area contributed by atoms with Crippen molar-refractivity contribution in [2.24, 2.45) is 52.7 Å². The van der Waals surface area contributed by atoms with E-state index in [1.54, 1.807) is 52.0 Å². The van der Waals surface area contributed by atoms with Gasteiger partial charge in [0.15, 0.2) is 11.6 Å². The third kappa shape index (κ3) is 70.1. The van der Waals surface area contributed by atoms with Gasteiger partial charge in [-0.25, -0.2) is 9.59 Å². The number of nitrogens with one attached hydrogen (secondary N) is 3. The summed E-state index contributed by atoms with van der Waals surface area (Å²) in [5.74, 6) is 3.85. The number of carbonyl (C=O) groups excluding carboxylic acids is 4. The first-order chi connectivity index (χ1) is 43.1. The molecule has 1 heterocycles. The Balaban J connectivity index is -0.000000127. The van der Waals surface area contributed by atoms with Crippen molar-refractivity contribution in [3.63, 3.8) is 0 Å². The minimum absolute atomic E-state index is 0. The number of thiol groups is 2. The van der Waals surface area contributed by atoms with Crippen molar-refractivity contribution in [1.82, 2.24) is 16.0 Å². The van der Waals surface area contributed by atoms with Gasteiger partial charge in [0.05, 0.1) is 43.4 Å². The van der Waals surface area contributed by atoms with Crippen LogP contribution in [0.25, 0.3) is 0 Å². The Bertz CT molecular complexity index is 2310. The quantitative estimate of drug-likeness (QED) is 0.0137. The number of alkyl halides is 1. The van der Waals surface area contributed by atoms with E-state index in [0.29, 0.717) is 28.9 Å². The molecule has 0 saturated carbocycles. The van der Waals surface area contributed by atoms with Gasteiger partial charge in [-0.2, -0.15) is 25.3 Å². The second kappa shape index (κ2) is 69.0. The molecule has 2 amide bonds. The second-order valence-corrected chi connectivity index (χ2v) is 30.0. The van der Waals surface area contributed by atoms with Crippen molar-refractivity contribution >= 4 is 137 Å². The second-order valence-electron chi connectivity index (χ2n) is 24.5. The van der Waals surface area contributed by atoms with Crippen LogP contribution < -0.4 is 62.7 Å². The number of benzene rings is 4. The topological polar surface area (TPSA) is 301 Å². The van der Waals surface area contributed by atoms with E-state index >= 15 is 0 Å². The third-order valence-corrected chi connectivity index (χ3v) is 16.3. The minimum Gasteiger partial charge on any atom is -0.870 e. The largest absolute Gasteiger partial charge is 1.00 e. The van der Waals surface area contributed by atoms with Gasteiger partial charge in [-0.3, -0.25) is 9.59 Å². The number of aliphatic hydroxyl groups is 3. The van der Waals surface area contributed by atoms with Gasteiger partial charge in [-0.15, -0.1) is 24.0 Å². The zero-order valence-corrected chi connectivity index (χ0v) is 73.1. The summed E-state index contributed by atoms with van der Waals surface area (Å²) in [6, 6.07) is 31.9. The van der Waals surface area contributed by atoms with E-state index in [9.17, 15) is 19.2 Å². The maximum absolute atomic E-state index is 11.2. The number of hydrogen-bond acceptors (Lipinski definition) is 16. The van der Waals surface area contributed by atoms with Crippen molar-refractivity contribution in [3.8, 4) is 0 Å². The van der Waals surface area contributed by atoms with Crippen LogP contribution in [0.2, 0.25) is 0 Å². The van der Waals surface area contributed by atoms with E-state index in [2.05, 4.69) is 172 Å². The van der Waals surface area contributed by atoms with Gasteiger partial charge in [0.25, 0.3) is 0 Å². The van der Waals surface area contributed by atoms with E-state index in [1.165, 1.54) is 12.1 Å². The predicted molar refractivity (Wildman–Crippen MR) is 431 cm³/mol. The maximum atomic E-state index is 11.2. The molecule has 8 atom stereocenters. The average molecular weight is 1710 g/mol. The molecular weight excluding hydrogens is 1590 g/mol. The summed E-state index contributed by atoms with van der Waals surface area (Å²) in [7, 11) is 0. The number of ketones is 2. The van der Waals surface area contributed by atoms with E-state index < -0.39 is 6.09 Å². The molecule has 1 aliphatic heterocycles. The summed E-state index contributed by atoms with van der Waals surface area (Å²) < 4.78 is 14.1. The molecule has 16 nitrogen and oxygen atoms in total. The van der Waals surface area contributed by atoms with Crippen molar-refractivity contribution in [3.05, 3.63) is 137 Å². The monoisotopic (exact) mass is 1710 g/mol. The first kappa shape index (κ1) is 114. The smallest absolute Gasteiger partial charge is 0.870 e. The van der Waals surface area contributed by atoms with Crippen LogP contribution in [0.3, 0.4) is 0 Å². The summed E-state index contributed by atoms with van der Waals surface area (Å²) in [5.41, 5.74) is 20.2. The molecule has 0 bridgehead atoms. The number of alkyl carbamates (subject to hydrolysis) is 2. The molecule has 1 aliphatic rings. The summed E-state index contributed by atoms with van der Waals surface area (Å²) in [6.07, 6.45) is -0.0281. The first-order valence-corrected chi connectivity index (χ1v) is 36.6. The molecule has 25 heteroatoms. The van der Waals surface area contributed by atoms with Crippen LogP contribution in [0.5, 0.6) is 0 Å². The summed E-state index contributed by atoms with van der Waals surface area (Å²) in [6.45, 7) is 42.5. The van der Waals surface area contributed by atoms with Crippen LogP contribution in [-0.2, 0) is 9.47 Å². The Labute approximate surface area is 665 Å². The Morgan fingerprint density at radius 1 is 0.536 bits per heavy atom. The molecule has 13 N–H and O–H groups in total. The molecule has 0 spiro atoms. The summed E-state index contributed by atoms with van der Waals surface area (Å²) in [5, 5.41) is 34.8. The maximum Gasteiger partial charge on any atom is 1.00 e. The molecule has 97 heavy (non-hydrogen) atoms. The van der Waals surface area contributed by atoms with Gasteiger partial charge in [0.2, 0.25) is 0 Å². The predicted octanol–water partition coefficient (Wildman–Crippen LogP) is 15.5. The van der Waals surface area contributed by atoms with Gasteiger partial charge in [-0.1, -0.05) is 210 Å². The summed E-state index contributed by atoms with van der Waals surface area (Å²) in [4.78, 5) is 43.8. The van der Waals surface area contributed by atoms with Crippen molar-refractivity contribution < 1.29 is 79.0 Å². The molecule has 2 unspecified atom stereocenters. The van der Waals surface area contributed by atoms with E-state index in [4.69, 9.17) is 53.6 Å². The number of amides is 2. The van der Waals surface area contributed by atoms with Gasteiger partial charge >= 0.3 is 41.7 Å². The molecule has 0 radical (unpaired) electrons. The standard InChI is InChI=1S/C10H21NO2.C9H19NO3.C8H8BrCl.2C8H7BrO.C8H9BrS.2C5H13NO.C5H13NS.C5H11N.CH4.ClH.Na.H2O/c1-6-9(7(2)3)11-10(12)13-8(4)5;1-6(2)8(5-11)10-9(12)13-7(3)4;4*1-6(10)7-2-4-8(9)5-3-7;3*1-4(2)5(6)3-7;1-4(2)5-3-6-5;;;;/h7-9H,6H2,1-5H3,(H,11,12);6-8,11H,5H2,1-4H3,(H,10,12);2-6H,1H3;2*2-5H,1H3;2-6,10H,1H3;3*4-5,7H,3,6H2,1-2H3;4-6H,3H2,1-2H3;1H4;1H;;1H2/q;;;;;;;;;;;;+1;/p-1/t9-;8-;;;;;4*5-;;;;/m11....1111..../s1. The Hall–Kier alpha value is -1.36. The Morgan fingerprint density at radius 3 is 0.969 bits per heavy atom. The number of aliphatic hydroxyl groups excluding tert-OH is 3. The fourth-order valence-corrected chi connectivity index (χ4v) is 7.77. The average Bonchev–Trinajstić information content (AvgIpc) is 2.26. The zero-order chi connectivity index (χ0) is 73.3. The first-order valence-electron chi connectivity index (χ1n) is 31.8. The van der Waals surface area contributed by atoms with Gasteiger partial charge < -0.3 is 63.4 Å². The number of nitrogens with two attached hydrogens (primary N) is 3. The molecule has 4 aromatic carbocycles. The molecular formula is C72H127Br4Cl2N6NaO10S2. The van der Waals surface area contributed by atoms with Crippen molar-refractivity contribution in [1.29, 1.82) is 0 Å². The number of ether oxygens (including phenoxy) is 2. The van der Waals surface area contributed by atoms with E-state index in [1.807, 2.05) is 123 Å². The number of halogens is 6. The summed E-state index contributed by atoms with van der Waals surface area (Å²) >= 11 is 27.5. The zero-order valence-electron chi connectivity index (χ0n) is 61.4. The number of carbonyl (C=O) groups is 4. The van der Waals surface area contributed by atoms with Crippen LogP contribution in [0.4, 0.5) is 9.59 Å². The van der Waals surface area contributed by atoms with Crippen molar-refractivity contribution in [2.75, 3.05) is 32.1 Å². The number of hydrogen-bond donors (Lipinski definition) is 11. The Morgan fingerprint density at radius 2 is 0.814 bits per heavy atom. The SMILES string of the molecule is C.CC(=O)c1ccc(Br)cc1.CC(=O)c1ccc(Br)cc1.CC(C)OC(=O)N[C@H](CO)C(C)C.CC(C)[C@H](N)CO.CC(C)[C@H](N)CO.CC(C)[C@H](N)CS.CC(C)[C@H]1CN1.CC(Cl)c1ccc(Br)cc1.CC(S)c1ccc(Br)cc1.CC[C@@H](NC(=O)OC(C)C)C(C)C.Cl.[Na+].[OH-]. The normalized spacial score (nSPS) is 13.4. The minimum atomic E-state index is -0.470. The van der Waals surface area contributed by atoms with Crippen LogP contribution in [0.1, 0.15) is 202 Å². The van der Waals surface area contributed by atoms with E-state index in [0.717, 1.165) is 58.7 Å². The van der Waals surface area contributed by atoms with Crippen LogP contribution in [0, 0.1) is 35.5 Å².